The molecule has 0 N–H and O–H groups in total. The predicted octanol–water partition coefficient (Wildman–Crippen LogP) is 2.67. The molecule has 8 nitrogen and oxygen atoms in total. The van der Waals surface area contributed by atoms with Gasteiger partial charge in [0, 0.05) is 25.2 Å². The highest BCUT2D eigenvalue weighted by atomic mass is 32.2. The number of rotatable bonds is 8. The molecule has 2 atom stereocenters. The van der Waals surface area contributed by atoms with Crippen molar-refractivity contribution in [1.82, 2.24) is 20.1 Å². The first-order chi connectivity index (χ1) is 13.9. The van der Waals surface area contributed by atoms with Crippen molar-refractivity contribution < 1.29 is 17.5 Å². The number of hydrogen-bond acceptors (Lipinski definition) is 8. The van der Waals surface area contributed by atoms with Gasteiger partial charge in [-0.15, -0.1) is 0 Å². The van der Waals surface area contributed by atoms with Crippen LogP contribution < -0.4 is 0 Å². The molecular weight excluding hydrogens is 392 g/mol. The van der Waals surface area contributed by atoms with Gasteiger partial charge in [0.05, 0.1) is 35.0 Å². The van der Waals surface area contributed by atoms with E-state index in [1.165, 1.54) is 0 Å². The van der Waals surface area contributed by atoms with Gasteiger partial charge in [0.25, 0.3) is 0 Å². The Hall–Kier alpha value is -1.71. The molecule has 0 aliphatic carbocycles. The molecular formula is C20H30N4O4S. The van der Waals surface area contributed by atoms with E-state index in [2.05, 4.69) is 20.1 Å². The molecule has 0 amide bonds. The largest absolute Gasteiger partial charge is 0.359 e. The molecule has 0 bridgehead atoms. The molecule has 9 heteroatoms. The van der Waals surface area contributed by atoms with Gasteiger partial charge in [-0.1, -0.05) is 10.3 Å². The Labute approximate surface area is 172 Å². The van der Waals surface area contributed by atoms with E-state index in [0.717, 1.165) is 61.7 Å². The third-order valence-electron chi connectivity index (χ3n) is 6.06. The highest BCUT2D eigenvalue weighted by Crippen LogP contribution is 2.33. The summed E-state index contributed by atoms with van der Waals surface area (Å²) in [5.74, 6) is 2.05. The minimum absolute atomic E-state index is 0.143. The summed E-state index contributed by atoms with van der Waals surface area (Å²) in [6.07, 6.45) is 4.08. The van der Waals surface area contributed by atoms with Gasteiger partial charge >= 0.3 is 0 Å². The zero-order valence-electron chi connectivity index (χ0n) is 17.2. The minimum Gasteiger partial charge on any atom is -0.359 e. The van der Waals surface area contributed by atoms with Crippen LogP contribution >= 0.6 is 0 Å². The molecule has 2 unspecified atom stereocenters. The van der Waals surface area contributed by atoms with Gasteiger partial charge in [0.2, 0.25) is 0 Å². The number of aromatic nitrogens is 2. The summed E-state index contributed by atoms with van der Waals surface area (Å²) in [5, 5.41) is 7.95. The molecule has 0 saturated carbocycles. The summed E-state index contributed by atoms with van der Waals surface area (Å²) >= 11 is 0. The van der Waals surface area contributed by atoms with E-state index in [4.69, 9.17) is 9.05 Å². The summed E-state index contributed by atoms with van der Waals surface area (Å²) in [4.78, 5) is 4.43. The molecule has 4 rings (SSSR count). The zero-order valence-corrected chi connectivity index (χ0v) is 18.0. The van der Waals surface area contributed by atoms with Crippen molar-refractivity contribution in [2.24, 2.45) is 0 Å². The molecule has 4 heterocycles. The first-order valence-electron chi connectivity index (χ1n) is 10.5. The number of nitrogens with zero attached hydrogens (tertiary/aromatic N) is 4. The third-order valence-corrected chi connectivity index (χ3v) is 7.66. The molecule has 2 saturated heterocycles. The van der Waals surface area contributed by atoms with Crippen molar-refractivity contribution >= 4 is 9.84 Å². The number of likely N-dealkylation sites (tertiary alicyclic amines) is 2. The van der Waals surface area contributed by atoms with Gasteiger partial charge in [0.1, 0.15) is 0 Å². The van der Waals surface area contributed by atoms with E-state index in [1.807, 2.05) is 26.0 Å². The first kappa shape index (κ1) is 20.6. The summed E-state index contributed by atoms with van der Waals surface area (Å²) < 4.78 is 36.3. The lowest BCUT2D eigenvalue weighted by Crippen LogP contribution is -2.33. The molecule has 2 aliphatic heterocycles. The van der Waals surface area contributed by atoms with E-state index in [1.54, 1.807) is 0 Å². The Bertz CT molecular complexity index is 854. The van der Waals surface area contributed by atoms with Crippen molar-refractivity contribution in [3.05, 3.63) is 35.0 Å². The van der Waals surface area contributed by atoms with Gasteiger partial charge in [-0.05, 0) is 52.6 Å². The standard InChI is InChI=1S/C20H30N4O4S/c1-15-13-19(27-21-15)17-5-3-7-23(17)9-11-29(25,26)12-10-24-8-4-6-18(24)20-14-16(2)22-28-20/h13-14,17-18H,3-12H2,1-2H3. The molecule has 29 heavy (non-hydrogen) atoms. The second-order valence-corrected chi connectivity index (χ2v) is 10.6. The topological polar surface area (TPSA) is 92.7 Å². The van der Waals surface area contributed by atoms with Crippen LogP contribution in [0.4, 0.5) is 0 Å². The van der Waals surface area contributed by atoms with Crippen molar-refractivity contribution in [2.75, 3.05) is 37.7 Å². The van der Waals surface area contributed by atoms with Crippen LogP contribution in [0.1, 0.15) is 60.7 Å². The maximum atomic E-state index is 12.7. The highest BCUT2D eigenvalue weighted by molar-refractivity contribution is 7.91. The summed E-state index contributed by atoms with van der Waals surface area (Å²) in [6.45, 7) is 6.69. The van der Waals surface area contributed by atoms with Crippen molar-refractivity contribution in [3.63, 3.8) is 0 Å². The van der Waals surface area contributed by atoms with Crippen molar-refractivity contribution in [2.45, 2.75) is 51.6 Å². The smallest absolute Gasteiger partial charge is 0.154 e. The van der Waals surface area contributed by atoms with Crippen LogP contribution in [0, 0.1) is 13.8 Å². The average molecular weight is 423 g/mol. The monoisotopic (exact) mass is 422 g/mol. The fraction of sp³-hybridized carbons (Fsp3) is 0.700. The van der Waals surface area contributed by atoms with Crippen LogP contribution in [0.5, 0.6) is 0 Å². The second kappa shape index (κ2) is 8.57. The van der Waals surface area contributed by atoms with E-state index in [-0.39, 0.29) is 23.6 Å². The quantitative estimate of drug-likeness (QED) is 0.641. The molecule has 0 radical (unpaired) electrons. The van der Waals surface area contributed by atoms with Crippen LogP contribution in [-0.2, 0) is 9.84 Å². The molecule has 2 aromatic rings. The van der Waals surface area contributed by atoms with E-state index >= 15 is 0 Å². The highest BCUT2D eigenvalue weighted by Gasteiger charge is 2.32. The van der Waals surface area contributed by atoms with Crippen LogP contribution in [-0.4, -0.2) is 66.2 Å². The summed E-state index contributed by atoms with van der Waals surface area (Å²) in [5.41, 5.74) is 1.73. The SMILES string of the molecule is Cc1cc(C2CCCN2CCS(=O)(=O)CCN2CCCC2c2cc(C)no2)on1. The summed E-state index contributed by atoms with van der Waals surface area (Å²) in [6, 6.07) is 4.19. The van der Waals surface area contributed by atoms with E-state index in [9.17, 15) is 8.42 Å². The van der Waals surface area contributed by atoms with Gasteiger partial charge in [-0.2, -0.15) is 0 Å². The van der Waals surface area contributed by atoms with Crippen molar-refractivity contribution in [1.29, 1.82) is 0 Å². The predicted molar refractivity (Wildman–Crippen MR) is 108 cm³/mol. The molecule has 160 valence electrons. The first-order valence-corrected chi connectivity index (χ1v) is 12.3. The molecule has 0 spiro atoms. The van der Waals surface area contributed by atoms with Gasteiger partial charge < -0.3 is 9.05 Å². The van der Waals surface area contributed by atoms with Crippen molar-refractivity contribution in [3.8, 4) is 0 Å². The molecule has 2 aliphatic rings. The Morgan fingerprint density at radius 1 is 0.897 bits per heavy atom. The van der Waals surface area contributed by atoms with Crippen LogP contribution in [0.2, 0.25) is 0 Å². The lowest BCUT2D eigenvalue weighted by molar-refractivity contribution is 0.221. The third kappa shape index (κ3) is 4.90. The number of aryl methyl sites for hydroxylation is 2. The fourth-order valence-corrected chi connectivity index (χ4v) is 5.76. The lowest BCUT2D eigenvalue weighted by Gasteiger charge is -2.24. The average Bonchev–Trinajstić information content (AvgIpc) is 3.45. The van der Waals surface area contributed by atoms with Crippen LogP contribution in [0.3, 0.4) is 0 Å². The second-order valence-electron chi connectivity index (χ2n) is 8.28. The maximum Gasteiger partial charge on any atom is 0.154 e. The van der Waals surface area contributed by atoms with Crippen LogP contribution in [0.25, 0.3) is 0 Å². The minimum atomic E-state index is -3.13. The summed E-state index contributed by atoms with van der Waals surface area (Å²) in [7, 11) is -3.13. The molecule has 2 aromatic heterocycles. The van der Waals surface area contributed by atoms with Gasteiger partial charge in [-0.25, -0.2) is 8.42 Å². The van der Waals surface area contributed by atoms with E-state index < -0.39 is 9.84 Å². The van der Waals surface area contributed by atoms with Crippen LogP contribution in [0.15, 0.2) is 21.2 Å². The lowest BCUT2D eigenvalue weighted by atomic mass is 10.1. The van der Waals surface area contributed by atoms with E-state index in [0.29, 0.717) is 13.1 Å². The number of hydrogen-bond donors (Lipinski definition) is 0. The van der Waals surface area contributed by atoms with Gasteiger partial charge in [-0.3, -0.25) is 9.80 Å². The maximum absolute atomic E-state index is 12.7. The Kier molecular flexibility index (Phi) is 6.08. The molecule has 0 aromatic carbocycles. The Morgan fingerprint density at radius 3 is 1.72 bits per heavy atom. The Morgan fingerprint density at radius 2 is 1.34 bits per heavy atom. The number of sulfone groups is 1. The molecule has 2 fully saturated rings. The zero-order chi connectivity index (χ0) is 20.4. The normalized spacial score (nSPS) is 23.9. The Balaban J connectivity index is 1.30. The van der Waals surface area contributed by atoms with Gasteiger partial charge in [0.15, 0.2) is 21.4 Å². The fourth-order valence-electron chi connectivity index (χ4n) is 4.53.